The van der Waals surface area contributed by atoms with Crippen molar-refractivity contribution < 1.29 is 0 Å². The van der Waals surface area contributed by atoms with Crippen molar-refractivity contribution >= 4 is 17.3 Å². The number of rotatable bonds is 4. The van der Waals surface area contributed by atoms with E-state index in [2.05, 4.69) is 22.9 Å². The number of halogens is 1. The maximum Gasteiger partial charge on any atom is 0.101 e. The molecule has 0 aliphatic heterocycles. The van der Waals surface area contributed by atoms with E-state index in [4.69, 9.17) is 11.6 Å². The number of pyridine rings is 1. The van der Waals surface area contributed by atoms with Gasteiger partial charge in [0.25, 0.3) is 0 Å². The molecule has 20 heavy (non-hydrogen) atoms. The van der Waals surface area contributed by atoms with Crippen molar-refractivity contribution in [3.8, 4) is 6.07 Å². The van der Waals surface area contributed by atoms with Crippen molar-refractivity contribution in [2.24, 2.45) is 0 Å². The lowest BCUT2D eigenvalue weighted by Crippen LogP contribution is -2.23. The molecule has 0 spiro atoms. The van der Waals surface area contributed by atoms with E-state index >= 15 is 0 Å². The van der Waals surface area contributed by atoms with E-state index in [0.29, 0.717) is 17.1 Å². The molecule has 0 amide bonds. The Morgan fingerprint density at radius 1 is 1.30 bits per heavy atom. The van der Waals surface area contributed by atoms with Crippen LogP contribution in [-0.2, 0) is 6.54 Å². The molecule has 0 atom stereocenters. The van der Waals surface area contributed by atoms with Crippen LogP contribution in [0.2, 0.25) is 5.02 Å². The fourth-order valence-corrected chi connectivity index (χ4v) is 2.30. The summed E-state index contributed by atoms with van der Waals surface area (Å²) in [4.78, 5) is 6.63. The Balaban J connectivity index is 2.31. The molecule has 2 rings (SSSR count). The molecule has 0 saturated carbocycles. The fraction of sp³-hybridized carbons (Fsp3) is 0.250. The average Bonchev–Trinajstić information content (AvgIpc) is 2.45. The van der Waals surface area contributed by atoms with E-state index < -0.39 is 0 Å². The molecule has 0 aliphatic carbocycles. The highest BCUT2D eigenvalue weighted by Crippen LogP contribution is 2.24. The quantitative estimate of drug-likeness (QED) is 0.854. The molecule has 0 bridgehead atoms. The predicted molar refractivity (Wildman–Crippen MR) is 81.9 cm³/mol. The van der Waals surface area contributed by atoms with Crippen molar-refractivity contribution in [1.29, 1.82) is 5.26 Å². The molecule has 0 N–H and O–H groups in total. The van der Waals surface area contributed by atoms with Crippen LogP contribution in [0.1, 0.15) is 23.9 Å². The lowest BCUT2D eigenvalue weighted by atomic mass is 10.1. The van der Waals surface area contributed by atoms with Crippen molar-refractivity contribution in [3.63, 3.8) is 0 Å². The number of benzene rings is 1. The van der Waals surface area contributed by atoms with Gasteiger partial charge in [0.15, 0.2) is 0 Å². The summed E-state index contributed by atoms with van der Waals surface area (Å²) in [5.74, 6) is 0. The molecule has 0 unspecified atom stereocenters. The van der Waals surface area contributed by atoms with Crippen molar-refractivity contribution in [1.82, 2.24) is 4.98 Å². The maximum absolute atomic E-state index is 9.25. The molecule has 0 aliphatic rings. The summed E-state index contributed by atoms with van der Waals surface area (Å²) in [6, 6.07) is 13.6. The summed E-state index contributed by atoms with van der Waals surface area (Å²) >= 11 is 5.94. The molecule has 2 aromatic rings. The highest BCUT2D eigenvalue weighted by molar-refractivity contribution is 6.30. The molecule has 4 heteroatoms. The summed E-state index contributed by atoms with van der Waals surface area (Å²) < 4.78 is 0. The summed E-state index contributed by atoms with van der Waals surface area (Å²) in [6.45, 7) is 5.51. The van der Waals surface area contributed by atoms with Gasteiger partial charge in [-0.1, -0.05) is 17.7 Å². The van der Waals surface area contributed by atoms with Crippen LogP contribution in [0.5, 0.6) is 0 Å². The van der Waals surface area contributed by atoms with Gasteiger partial charge in [0, 0.05) is 17.3 Å². The Morgan fingerprint density at radius 2 is 2.10 bits per heavy atom. The van der Waals surface area contributed by atoms with E-state index in [1.807, 2.05) is 37.3 Å². The van der Waals surface area contributed by atoms with Gasteiger partial charge in [0.1, 0.15) is 6.07 Å². The molecule has 102 valence electrons. The third kappa shape index (κ3) is 3.28. The van der Waals surface area contributed by atoms with Crippen LogP contribution >= 0.6 is 11.6 Å². The van der Waals surface area contributed by atoms with Gasteiger partial charge in [-0.05, 0) is 44.2 Å². The van der Waals surface area contributed by atoms with E-state index in [-0.39, 0.29) is 0 Å². The topological polar surface area (TPSA) is 39.9 Å². The molecule has 1 aromatic heterocycles. The standard InChI is InChI=1S/C16H16ClN3/c1-3-20(11-15-6-4-5-12(2)19-15)16-8-7-14(17)9-13(16)10-18/h4-9H,3,11H2,1-2H3. The van der Waals surface area contributed by atoms with Crippen LogP contribution in [-0.4, -0.2) is 11.5 Å². The molecule has 1 heterocycles. The van der Waals surface area contributed by atoms with Crippen LogP contribution < -0.4 is 4.90 Å². The molecule has 0 fully saturated rings. The Bertz CT molecular complexity index is 646. The largest absolute Gasteiger partial charge is 0.365 e. The fourth-order valence-electron chi connectivity index (χ4n) is 2.12. The number of aromatic nitrogens is 1. The highest BCUT2D eigenvalue weighted by atomic mass is 35.5. The second-order valence-corrected chi connectivity index (χ2v) is 4.99. The van der Waals surface area contributed by atoms with E-state index in [1.54, 1.807) is 6.07 Å². The number of hydrogen-bond acceptors (Lipinski definition) is 3. The summed E-state index contributed by atoms with van der Waals surface area (Å²) in [7, 11) is 0. The third-order valence-electron chi connectivity index (χ3n) is 3.10. The smallest absolute Gasteiger partial charge is 0.101 e. The van der Waals surface area contributed by atoms with Gasteiger partial charge in [-0.25, -0.2) is 0 Å². The average molecular weight is 286 g/mol. The predicted octanol–water partition coefficient (Wildman–Crippen LogP) is 3.94. The van der Waals surface area contributed by atoms with Crippen LogP contribution in [0, 0.1) is 18.3 Å². The molecule has 1 aromatic carbocycles. The first-order valence-electron chi connectivity index (χ1n) is 6.51. The SMILES string of the molecule is CCN(Cc1cccc(C)n1)c1ccc(Cl)cc1C#N. The molecule has 0 radical (unpaired) electrons. The maximum atomic E-state index is 9.25. The van der Waals surface area contributed by atoms with Crippen LogP contribution in [0.25, 0.3) is 0 Å². The van der Waals surface area contributed by atoms with E-state index in [0.717, 1.165) is 23.6 Å². The molecule has 0 saturated heterocycles. The van der Waals surface area contributed by atoms with Crippen LogP contribution in [0.3, 0.4) is 0 Å². The number of anilines is 1. The zero-order valence-electron chi connectivity index (χ0n) is 11.6. The highest BCUT2D eigenvalue weighted by Gasteiger charge is 2.11. The first-order valence-corrected chi connectivity index (χ1v) is 6.89. The second-order valence-electron chi connectivity index (χ2n) is 4.56. The van der Waals surface area contributed by atoms with Gasteiger partial charge in [-0.2, -0.15) is 5.26 Å². The first-order chi connectivity index (χ1) is 9.63. The third-order valence-corrected chi connectivity index (χ3v) is 3.34. The Kier molecular flexibility index (Phi) is 4.60. The normalized spacial score (nSPS) is 10.1. The van der Waals surface area contributed by atoms with Gasteiger partial charge >= 0.3 is 0 Å². The van der Waals surface area contributed by atoms with Crippen molar-refractivity contribution in [3.05, 3.63) is 58.4 Å². The van der Waals surface area contributed by atoms with Crippen molar-refractivity contribution in [2.45, 2.75) is 20.4 Å². The second kappa shape index (κ2) is 6.40. The first kappa shape index (κ1) is 14.4. The minimum atomic E-state index is 0.579. The van der Waals surface area contributed by atoms with Crippen LogP contribution in [0.15, 0.2) is 36.4 Å². The number of aryl methyl sites for hydroxylation is 1. The van der Waals surface area contributed by atoms with Gasteiger partial charge in [0.05, 0.1) is 23.5 Å². The number of hydrogen-bond donors (Lipinski definition) is 0. The zero-order valence-corrected chi connectivity index (χ0v) is 12.4. The lowest BCUT2D eigenvalue weighted by molar-refractivity contribution is 0.804. The monoisotopic (exact) mass is 285 g/mol. The lowest BCUT2D eigenvalue weighted by Gasteiger charge is -2.24. The Hall–Kier alpha value is -2.05. The van der Waals surface area contributed by atoms with Gasteiger partial charge in [-0.3, -0.25) is 4.98 Å². The Morgan fingerprint density at radius 3 is 2.75 bits per heavy atom. The van der Waals surface area contributed by atoms with Crippen molar-refractivity contribution in [2.75, 3.05) is 11.4 Å². The molecular formula is C16H16ClN3. The summed E-state index contributed by atoms with van der Waals surface area (Å²) in [6.07, 6.45) is 0. The van der Waals surface area contributed by atoms with Crippen LogP contribution in [0.4, 0.5) is 5.69 Å². The van der Waals surface area contributed by atoms with E-state index in [9.17, 15) is 5.26 Å². The minimum absolute atomic E-state index is 0.579. The molecular weight excluding hydrogens is 270 g/mol. The molecule has 3 nitrogen and oxygen atoms in total. The number of nitrogens with zero attached hydrogens (tertiary/aromatic N) is 3. The zero-order chi connectivity index (χ0) is 14.5. The summed E-state index contributed by atoms with van der Waals surface area (Å²) in [5.41, 5.74) is 3.47. The summed E-state index contributed by atoms with van der Waals surface area (Å²) in [5, 5.41) is 9.83. The Labute approximate surface area is 124 Å². The minimum Gasteiger partial charge on any atom is -0.365 e. The van der Waals surface area contributed by atoms with Gasteiger partial charge < -0.3 is 4.90 Å². The van der Waals surface area contributed by atoms with Gasteiger partial charge in [-0.15, -0.1) is 0 Å². The number of nitriles is 1. The van der Waals surface area contributed by atoms with E-state index in [1.165, 1.54) is 0 Å². The van der Waals surface area contributed by atoms with Gasteiger partial charge in [0.2, 0.25) is 0 Å².